The summed E-state index contributed by atoms with van der Waals surface area (Å²) in [6.07, 6.45) is 4.04. The normalized spacial score (nSPS) is 10.4. The maximum absolute atomic E-state index is 10.5. The van der Waals surface area contributed by atoms with Crippen molar-refractivity contribution in [2.75, 3.05) is 0 Å². The summed E-state index contributed by atoms with van der Waals surface area (Å²) in [7, 11) is 0. The molecule has 0 radical (unpaired) electrons. The maximum Gasteiger partial charge on any atom is 0.153 e. The van der Waals surface area contributed by atoms with Gasteiger partial charge in [0.25, 0.3) is 0 Å². The zero-order chi connectivity index (χ0) is 8.55. The van der Waals surface area contributed by atoms with Crippen LogP contribution in [0.2, 0.25) is 5.15 Å². The molecule has 0 amide bonds. The lowest BCUT2D eigenvalue weighted by atomic mass is 10.3. The predicted octanol–water partition coefficient (Wildman–Crippen LogP) is 1.80. The Balaban J connectivity index is 2.89. The predicted molar refractivity (Wildman–Crippen MR) is 45.6 cm³/mol. The van der Waals surface area contributed by atoms with E-state index in [0.29, 0.717) is 16.4 Å². The van der Waals surface area contributed by atoms with Gasteiger partial charge in [0.05, 0.1) is 11.8 Å². The number of carbonyl (C=O) groups excluding carboxylic acids is 1. The van der Waals surface area contributed by atoms with Crippen LogP contribution >= 0.6 is 11.6 Å². The Kier molecular flexibility index (Phi) is 1.59. The summed E-state index contributed by atoms with van der Waals surface area (Å²) in [6.45, 7) is 0. The number of aromatic nitrogens is 2. The summed E-state index contributed by atoms with van der Waals surface area (Å²) in [5.41, 5.74) is 1.14. The van der Waals surface area contributed by atoms with Gasteiger partial charge in [-0.15, -0.1) is 0 Å². The van der Waals surface area contributed by atoms with Crippen molar-refractivity contribution in [3.8, 4) is 0 Å². The molecule has 2 rings (SSSR count). The highest BCUT2D eigenvalue weighted by Crippen LogP contribution is 2.13. The fraction of sp³-hybridized carbons (Fsp3) is 0. The molecule has 0 spiro atoms. The van der Waals surface area contributed by atoms with Gasteiger partial charge in [0, 0.05) is 6.20 Å². The van der Waals surface area contributed by atoms with E-state index in [-0.39, 0.29) is 0 Å². The van der Waals surface area contributed by atoms with Crippen molar-refractivity contribution >= 4 is 23.5 Å². The molecule has 0 saturated carbocycles. The lowest BCUT2D eigenvalue weighted by Gasteiger charge is -1.95. The van der Waals surface area contributed by atoms with Crippen LogP contribution in [-0.2, 0) is 0 Å². The quantitative estimate of drug-likeness (QED) is 0.628. The summed E-state index contributed by atoms with van der Waals surface area (Å²) in [4.78, 5) is 14.5. The Morgan fingerprint density at radius 3 is 3.17 bits per heavy atom. The lowest BCUT2D eigenvalue weighted by Crippen LogP contribution is -1.89. The highest BCUT2D eigenvalue weighted by molar-refractivity contribution is 6.29. The Morgan fingerprint density at radius 2 is 2.42 bits per heavy atom. The van der Waals surface area contributed by atoms with Crippen LogP contribution in [0.25, 0.3) is 5.65 Å². The lowest BCUT2D eigenvalue weighted by molar-refractivity contribution is 0.112. The van der Waals surface area contributed by atoms with Gasteiger partial charge in [0.2, 0.25) is 0 Å². The minimum absolute atomic E-state index is 0.508. The van der Waals surface area contributed by atoms with E-state index in [2.05, 4.69) is 4.98 Å². The smallest absolute Gasteiger partial charge is 0.153 e. The van der Waals surface area contributed by atoms with Gasteiger partial charge >= 0.3 is 0 Å². The molecule has 60 valence electrons. The second kappa shape index (κ2) is 2.60. The molecule has 3 nitrogen and oxygen atoms in total. The van der Waals surface area contributed by atoms with Crippen LogP contribution in [0.5, 0.6) is 0 Å². The van der Waals surface area contributed by atoms with E-state index in [1.165, 1.54) is 6.20 Å². The van der Waals surface area contributed by atoms with Gasteiger partial charge in [-0.25, -0.2) is 4.98 Å². The first-order chi connectivity index (χ1) is 5.83. The van der Waals surface area contributed by atoms with Crippen molar-refractivity contribution in [3.63, 3.8) is 0 Å². The van der Waals surface area contributed by atoms with E-state index in [4.69, 9.17) is 11.6 Å². The summed E-state index contributed by atoms with van der Waals surface area (Å²) < 4.78 is 1.66. The van der Waals surface area contributed by atoms with E-state index in [0.717, 1.165) is 6.29 Å². The van der Waals surface area contributed by atoms with Gasteiger partial charge in [-0.1, -0.05) is 11.6 Å². The van der Waals surface area contributed by atoms with E-state index < -0.39 is 0 Å². The molecule has 0 aromatic carbocycles. The maximum atomic E-state index is 10.5. The third kappa shape index (κ3) is 0.905. The van der Waals surface area contributed by atoms with Gasteiger partial charge in [0.15, 0.2) is 6.29 Å². The Labute approximate surface area is 73.6 Å². The van der Waals surface area contributed by atoms with Gasteiger partial charge < -0.3 is 0 Å². The summed E-state index contributed by atoms with van der Waals surface area (Å²) in [5.74, 6) is 0. The van der Waals surface area contributed by atoms with Crippen LogP contribution in [0.1, 0.15) is 10.4 Å². The number of rotatable bonds is 1. The first kappa shape index (κ1) is 7.31. The molecule has 0 aliphatic heterocycles. The number of imidazole rings is 1. The van der Waals surface area contributed by atoms with Crippen LogP contribution in [0, 0.1) is 0 Å². The number of nitrogens with zero attached hydrogens (tertiary/aromatic N) is 2. The summed E-state index contributed by atoms with van der Waals surface area (Å²) >= 11 is 5.79. The molecule has 2 aromatic heterocycles. The zero-order valence-electron chi connectivity index (χ0n) is 6.07. The van der Waals surface area contributed by atoms with Crippen molar-refractivity contribution in [2.24, 2.45) is 0 Å². The topological polar surface area (TPSA) is 34.4 Å². The van der Waals surface area contributed by atoms with Crippen molar-refractivity contribution in [3.05, 3.63) is 35.2 Å². The van der Waals surface area contributed by atoms with Gasteiger partial charge in [-0.3, -0.25) is 9.20 Å². The standard InChI is InChI=1S/C8H5ClN2O/c9-7-4-10-8-6(5-12)2-1-3-11(7)8/h1-5H. The van der Waals surface area contributed by atoms with E-state index >= 15 is 0 Å². The highest BCUT2D eigenvalue weighted by Gasteiger charge is 2.03. The minimum Gasteiger partial charge on any atom is -0.298 e. The number of hydrogen-bond donors (Lipinski definition) is 0. The van der Waals surface area contributed by atoms with Gasteiger partial charge in [-0.2, -0.15) is 0 Å². The second-order valence-electron chi connectivity index (χ2n) is 2.36. The molecular weight excluding hydrogens is 176 g/mol. The largest absolute Gasteiger partial charge is 0.298 e. The van der Waals surface area contributed by atoms with Crippen LogP contribution in [0.4, 0.5) is 0 Å². The number of carbonyl (C=O) groups is 1. The van der Waals surface area contributed by atoms with Gasteiger partial charge in [0.1, 0.15) is 10.8 Å². The summed E-state index contributed by atoms with van der Waals surface area (Å²) in [6, 6.07) is 3.45. The second-order valence-corrected chi connectivity index (χ2v) is 2.74. The van der Waals surface area contributed by atoms with E-state index in [1.54, 1.807) is 22.7 Å². The average Bonchev–Trinajstić information content (AvgIpc) is 2.48. The first-order valence-electron chi connectivity index (χ1n) is 3.39. The molecular formula is C8H5ClN2O. The summed E-state index contributed by atoms with van der Waals surface area (Å²) in [5, 5.41) is 0.508. The molecule has 0 aliphatic carbocycles. The SMILES string of the molecule is O=Cc1cccn2c(Cl)cnc12. The molecule has 0 aliphatic rings. The molecule has 0 fully saturated rings. The Morgan fingerprint density at radius 1 is 1.58 bits per heavy atom. The molecule has 2 heterocycles. The number of pyridine rings is 1. The molecule has 0 atom stereocenters. The monoisotopic (exact) mass is 180 g/mol. The molecule has 2 aromatic rings. The Bertz CT molecular complexity index is 436. The van der Waals surface area contributed by atoms with Crippen molar-refractivity contribution < 1.29 is 4.79 Å². The number of hydrogen-bond acceptors (Lipinski definition) is 2. The van der Waals surface area contributed by atoms with E-state index in [1.807, 2.05) is 0 Å². The fourth-order valence-electron chi connectivity index (χ4n) is 1.09. The third-order valence-electron chi connectivity index (χ3n) is 1.65. The van der Waals surface area contributed by atoms with Crippen molar-refractivity contribution in [1.29, 1.82) is 0 Å². The molecule has 12 heavy (non-hydrogen) atoms. The van der Waals surface area contributed by atoms with Crippen molar-refractivity contribution in [1.82, 2.24) is 9.38 Å². The zero-order valence-corrected chi connectivity index (χ0v) is 6.82. The third-order valence-corrected chi connectivity index (χ3v) is 1.93. The minimum atomic E-state index is 0.508. The van der Waals surface area contributed by atoms with Gasteiger partial charge in [-0.05, 0) is 12.1 Å². The average molecular weight is 181 g/mol. The number of halogens is 1. The molecule has 0 N–H and O–H groups in total. The van der Waals surface area contributed by atoms with E-state index in [9.17, 15) is 4.79 Å². The highest BCUT2D eigenvalue weighted by atomic mass is 35.5. The number of fused-ring (bicyclic) bond motifs is 1. The van der Waals surface area contributed by atoms with Crippen LogP contribution in [0.3, 0.4) is 0 Å². The number of aldehydes is 1. The van der Waals surface area contributed by atoms with Crippen LogP contribution < -0.4 is 0 Å². The molecule has 4 heteroatoms. The van der Waals surface area contributed by atoms with Crippen LogP contribution in [-0.4, -0.2) is 15.7 Å². The Hall–Kier alpha value is -1.35. The molecule has 0 saturated heterocycles. The fourth-order valence-corrected chi connectivity index (χ4v) is 1.28. The molecule has 0 unspecified atom stereocenters. The molecule has 0 bridgehead atoms. The van der Waals surface area contributed by atoms with Crippen LogP contribution in [0.15, 0.2) is 24.5 Å². The van der Waals surface area contributed by atoms with Crippen molar-refractivity contribution in [2.45, 2.75) is 0 Å². The first-order valence-corrected chi connectivity index (χ1v) is 3.77.